The van der Waals surface area contributed by atoms with Crippen molar-refractivity contribution in [3.63, 3.8) is 0 Å². The summed E-state index contributed by atoms with van der Waals surface area (Å²) in [5, 5.41) is 2.54. The van der Waals surface area contributed by atoms with Crippen molar-refractivity contribution in [3.05, 3.63) is 60.9 Å². The molecule has 1 saturated heterocycles. The molecule has 0 spiro atoms. The minimum absolute atomic E-state index is 0.0550. The van der Waals surface area contributed by atoms with Crippen LogP contribution in [0.2, 0.25) is 18.1 Å². The molecule has 0 unspecified atom stereocenters. The first-order valence-corrected chi connectivity index (χ1v) is 14.3. The lowest BCUT2D eigenvalue weighted by atomic mass is 9.95. The maximum atomic E-state index is 13.0. The van der Waals surface area contributed by atoms with E-state index in [0.717, 1.165) is 23.2 Å². The number of carbonyl (C=O) groups excluding carboxylic acids is 2. The standard InChI is InChI=1S/C24H32NO4SSi/c1-15(29-31(6,7)24(2,3)4)20-21(26)25-22(20)30-23(27)17-12-13-18(19(14-17)28-5)16-10-8-9-11-16/h8-15,20,22H,1-7H3,(H,25,26)/t15-,20+,22-/m1/s1. The molecule has 1 aromatic rings. The Bertz CT molecular complexity index is 829. The van der Waals surface area contributed by atoms with Gasteiger partial charge in [-0.2, -0.15) is 0 Å². The number of amides is 1. The molecule has 1 saturated carbocycles. The molecular formula is C24H32NO4SSi. The first kappa shape index (κ1) is 24.3. The lowest BCUT2D eigenvalue weighted by Gasteiger charge is -2.44. The lowest BCUT2D eigenvalue weighted by Crippen LogP contribution is -2.62. The third-order valence-electron chi connectivity index (χ3n) is 6.35. The Labute approximate surface area is 192 Å². The minimum atomic E-state index is -2.01. The number of methoxy groups -OCH3 is 1. The van der Waals surface area contributed by atoms with Crippen molar-refractivity contribution < 1.29 is 18.8 Å². The van der Waals surface area contributed by atoms with Crippen LogP contribution in [0, 0.1) is 37.5 Å². The minimum Gasteiger partial charge on any atom is -0.496 e. The summed E-state index contributed by atoms with van der Waals surface area (Å²) >= 11 is 1.14. The van der Waals surface area contributed by atoms with E-state index in [4.69, 9.17) is 9.16 Å². The molecule has 1 amide bonds. The van der Waals surface area contributed by atoms with Crippen LogP contribution in [-0.2, 0) is 9.22 Å². The molecule has 2 fully saturated rings. The van der Waals surface area contributed by atoms with Crippen LogP contribution in [0.4, 0.5) is 0 Å². The van der Waals surface area contributed by atoms with Gasteiger partial charge in [-0.15, -0.1) is 0 Å². The monoisotopic (exact) mass is 458 g/mol. The highest BCUT2D eigenvalue weighted by atomic mass is 32.2. The molecule has 7 heteroatoms. The smallest absolute Gasteiger partial charge is 0.229 e. The largest absolute Gasteiger partial charge is 0.496 e. The molecular weight excluding hydrogens is 426 g/mol. The summed E-state index contributed by atoms with van der Waals surface area (Å²) in [5.74, 6) is 1.31. The number of benzene rings is 1. The second kappa shape index (κ2) is 9.28. The van der Waals surface area contributed by atoms with E-state index in [0.29, 0.717) is 11.3 Å². The van der Waals surface area contributed by atoms with E-state index in [1.54, 1.807) is 13.2 Å². The maximum Gasteiger partial charge on any atom is 0.229 e. The van der Waals surface area contributed by atoms with Gasteiger partial charge in [-0.25, -0.2) is 0 Å². The van der Waals surface area contributed by atoms with Gasteiger partial charge in [-0.1, -0.05) is 38.6 Å². The van der Waals surface area contributed by atoms with Crippen molar-refractivity contribution in [1.29, 1.82) is 0 Å². The van der Waals surface area contributed by atoms with E-state index in [9.17, 15) is 9.59 Å². The fourth-order valence-electron chi connectivity index (χ4n) is 3.44. The lowest BCUT2D eigenvalue weighted by molar-refractivity contribution is -0.136. The topological polar surface area (TPSA) is 64.6 Å². The number of carbonyl (C=O) groups is 2. The number of thioether (sulfide) groups is 1. The fourth-order valence-corrected chi connectivity index (χ4v) is 6.03. The van der Waals surface area contributed by atoms with E-state index < -0.39 is 8.32 Å². The van der Waals surface area contributed by atoms with Crippen molar-refractivity contribution in [2.45, 2.75) is 57.3 Å². The SMILES string of the molecule is COc1cc(C(=O)S[C@H]2NC(=O)[C@@H]2[C@@H](C)O[Si](C)(C)C(C)(C)C)ccc1[C]1[CH][CH][CH][CH]1. The van der Waals surface area contributed by atoms with Crippen LogP contribution < -0.4 is 10.1 Å². The van der Waals surface area contributed by atoms with E-state index in [-0.39, 0.29) is 33.5 Å². The number of nitrogens with one attached hydrogen (secondary N) is 1. The number of hydrogen-bond donors (Lipinski definition) is 1. The summed E-state index contributed by atoms with van der Waals surface area (Å²) < 4.78 is 11.9. The van der Waals surface area contributed by atoms with E-state index >= 15 is 0 Å². The van der Waals surface area contributed by atoms with Gasteiger partial charge in [0.15, 0.2) is 8.32 Å². The molecule has 0 bridgehead atoms. The van der Waals surface area contributed by atoms with E-state index in [2.05, 4.69) is 39.2 Å². The maximum absolute atomic E-state index is 13.0. The molecule has 1 aliphatic carbocycles. The summed E-state index contributed by atoms with van der Waals surface area (Å²) in [5.41, 5.74) is 1.50. The van der Waals surface area contributed by atoms with Crippen molar-refractivity contribution in [3.8, 4) is 5.75 Å². The van der Waals surface area contributed by atoms with Crippen LogP contribution in [0.3, 0.4) is 0 Å². The van der Waals surface area contributed by atoms with Gasteiger partial charge in [0.05, 0.1) is 24.5 Å². The Hall–Kier alpha value is -1.31. The molecule has 5 nitrogen and oxygen atoms in total. The first-order chi connectivity index (χ1) is 14.4. The molecule has 1 heterocycles. The van der Waals surface area contributed by atoms with Crippen LogP contribution in [0.1, 0.15) is 43.6 Å². The third kappa shape index (κ3) is 5.20. The fraction of sp³-hybridized carbons (Fsp3) is 0.458. The van der Waals surface area contributed by atoms with Gasteiger partial charge >= 0.3 is 0 Å². The molecule has 1 N–H and O–H groups in total. The molecule has 1 aliphatic heterocycles. The number of hydrogen-bond acceptors (Lipinski definition) is 5. The Morgan fingerprint density at radius 3 is 2.39 bits per heavy atom. The summed E-state index contributed by atoms with van der Waals surface area (Å²) in [4.78, 5) is 25.2. The summed E-state index contributed by atoms with van der Waals surface area (Å²) in [6, 6.07) is 5.48. The molecule has 0 aromatic heterocycles. The van der Waals surface area contributed by atoms with Crippen molar-refractivity contribution in [2.24, 2.45) is 5.92 Å². The van der Waals surface area contributed by atoms with Crippen molar-refractivity contribution in [1.82, 2.24) is 5.32 Å². The summed E-state index contributed by atoms with van der Waals surface area (Å²) in [7, 11) is -0.410. The second-order valence-corrected chi connectivity index (χ2v) is 15.4. The van der Waals surface area contributed by atoms with Gasteiger partial charge in [0.25, 0.3) is 0 Å². The predicted octanol–water partition coefficient (Wildman–Crippen LogP) is 4.80. The highest BCUT2D eigenvalue weighted by Crippen LogP contribution is 2.41. The van der Waals surface area contributed by atoms with Crippen LogP contribution in [0.25, 0.3) is 0 Å². The molecule has 3 rings (SSSR count). The average molecular weight is 459 g/mol. The highest BCUT2D eigenvalue weighted by molar-refractivity contribution is 8.14. The van der Waals surface area contributed by atoms with Gasteiger partial charge in [0, 0.05) is 17.0 Å². The molecule has 31 heavy (non-hydrogen) atoms. The van der Waals surface area contributed by atoms with Crippen LogP contribution in [0.5, 0.6) is 5.75 Å². The third-order valence-corrected chi connectivity index (χ3v) is 12.0. The van der Waals surface area contributed by atoms with E-state index in [1.807, 2.05) is 44.7 Å². The normalized spacial score (nSPS) is 23.3. The molecule has 3 atom stereocenters. The highest BCUT2D eigenvalue weighted by Gasteiger charge is 2.48. The zero-order valence-corrected chi connectivity index (χ0v) is 21.1. The quantitative estimate of drug-likeness (QED) is 0.469. The Morgan fingerprint density at radius 1 is 1.19 bits per heavy atom. The molecule has 2 aliphatic rings. The van der Waals surface area contributed by atoms with Gasteiger partial charge in [-0.3, -0.25) is 9.59 Å². The van der Waals surface area contributed by atoms with Crippen LogP contribution in [-0.4, -0.2) is 37.9 Å². The number of rotatable bonds is 7. The van der Waals surface area contributed by atoms with Gasteiger partial charge in [0.2, 0.25) is 11.0 Å². The summed E-state index contributed by atoms with van der Waals surface area (Å²) in [6.07, 6.45) is 7.71. The van der Waals surface area contributed by atoms with Crippen molar-refractivity contribution in [2.75, 3.05) is 7.11 Å². The Kier molecular flexibility index (Phi) is 7.28. The van der Waals surface area contributed by atoms with Gasteiger partial charge < -0.3 is 14.5 Å². The van der Waals surface area contributed by atoms with Crippen LogP contribution in [0.15, 0.2) is 18.2 Å². The zero-order chi connectivity index (χ0) is 23.0. The molecule has 167 valence electrons. The Balaban J connectivity index is 1.68. The number of ether oxygens (including phenoxy) is 1. The second-order valence-electron chi connectivity index (χ2n) is 9.53. The van der Waals surface area contributed by atoms with Crippen LogP contribution >= 0.6 is 11.8 Å². The van der Waals surface area contributed by atoms with Gasteiger partial charge in [-0.05, 0) is 62.9 Å². The first-order valence-electron chi connectivity index (χ1n) is 10.5. The van der Waals surface area contributed by atoms with Gasteiger partial charge in [0.1, 0.15) is 5.75 Å². The van der Waals surface area contributed by atoms with Crippen molar-refractivity contribution >= 4 is 31.1 Å². The molecule has 5 radical (unpaired) electrons. The molecule has 1 aromatic carbocycles. The average Bonchev–Trinajstić information content (AvgIpc) is 3.19. The zero-order valence-electron chi connectivity index (χ0n) is 19.3. The summed E-state index contributed by atoms with van der Waals surface area (Å²) in [6.45, 7) is 12.8. The predicted molar refractivity (Wildman–Crippen MR) is 128 cm³/mol. The number of β-lactam (4-membered cyclic amide) rings is 1. The Morgan fingerprint density at radius 2 is 1.84 bits per heavy atom. The van der Waals surface area contributed by atoms with E-state index in [1.165, 1.54) is 0 Å².